The molecule has 7 fully saturated rings. The number of esters is 2. The van der Waals surface area contributed by atoms with Gasteiger partial charge in [-0.2, -0.15) is 0 Å². The van der Waals surface area contributed by atoms with Gasteiger partial charge in [0.25, 0.3) is 0 Å². The highest BCUT2D eigenvalue weighted by atomic mass is 16.8. The molecule has 24 heteroatoms. The molecule has 8 rings (SSSR count). The summed E-state index contributed by atoms with van der Waals surface area (Å²) in [7, 11) is 0. The van der Waals surface area contributed by atoms with Crippen molar-refractivity contribution in [3.63, 3.8) is 0 Å². The van der Waals surface area contributed by atoms with E-state index in [2.05, 4.69) is 26.8 Å². The van der Waals surface area contributed by atoms with Gasteiger partial charge in [0.15, 0.2) is 25.0 Å². The van der Waals surface area contributed by atoms with Gasteiger partial charge in [-0.05, 0) is 92.8 Å². The number of hydrogen-bond donors (Lipinski definition) is 13. The van der Waals surface area contributed by atoms with Crippen LogP contribution in [-0.4, -0.2) is 227 Å². The summed E-state index contributed by atoms with van der Waals surface area (Å²) in [6, 6.07) is 0. The van der Waals surface area contributed by atoms with E-state index in [1.54, 1.807) is 19.9 Å². The molecule has 4 saturated carbocycles. The van der Waals surface area contributed by atoms with Gasteiger partial charge in [-0.25, -0.2) is 9.59 Å². The predicted octanol–water partition coefficient (Wildman–Crippen LogP) is -1.32. The summed E-state index contributed by atoms with van der Waals surface area (Å²) in [5, 5.41) is 143. The number of fused-ring (bicyclic) bond motifs is 7. The number of aliphatic hydroxyl groups is 12. The number of hydrogen-bond acceptors (Lipinski definition) is 23. The summed E-state index contributed by atoms with van der Waals surface area (Å²) in [5.74, 6) is -3.88. The van der Waals surface area contributed by atoms with Crippen molar-refractivity contribution < 1.29 is 119 Å². The van der Waals surface area contributed by atoms with Crippen LogP contribution in [0.1, 0.15) is 107 Å². The quantitative estimate of drug-likeness (QED) is 0.0415. The first-order chi connectivity index (χ1) is 36.9. The normalized spacial score (nSPS) is 50.6. The van der Waals surface area contributed by atoms with Crippen LogP contribution in [0, 0.1) is 50.2 Å². The van der Waals surface area contributed by atoms with Crippen molar-refractivity contribution in [1.29, 1.82) is 0 Å². The van der Waals surface area contributed by atoms with Gasteiger partial charge in [0, 0.05) is 23.3 Å². The van der Waals surface area contributed by atoms with Crippen LogP contribution in [0.2, 0.25) is 0 Å². The highest BCUT2D eigenvalue weighted by Crippen LogP contribution is 2.76. The number of allylic oxidation sites excluding steroid dienone is 3. The van der Waals surface area contributed by atoms with Gasteiger partial charge in [0.05, 0.1) is 44.1 Å². The van der Waals surface area contributed by atoms with Crippen LogP contribution < -0.4 is 0 Å². The van der Waals surface area contributed by atoms with Crippen molar-refractivity contribution in [1.82, 2.24) is 0 Å². The van der Waals surface area contributed by atoms with Crippen molar-refractivity contribution in [2.75, 3.05) is 26.4 Å². The molecule has 0 aromatic carbocycles. The van der Waals surface area contributed by atoms with Crippen molar-refractivity contribution >= 4 is 17.9 Å². The van der Waals surface area contributed by atoms with E-state index in [1.165, 1.54) is 6.92 Å². The fourth-order valence-corrected chi connectivity index (χ4v) is 16.2. The smallest absolute Gasteiger partial charge is 0.335 e. The minimum atomic E-state index is -2.18. The highest BCUT2D eigenvalue weighted by Gasteiger charge is 2.74. The molecule has 27 atom stereocenters. The molecule has 0 amide bonds. The van der Waals surface area contributed by atoms with E-state index in [9.17, 15) is 80.8 Å². The van der Waals surface area contributed by atoms with Gasteiger partial charge in [0.1, 0.15) is 79.4 Å². The Morgan fingerprint density at radius 2 is 1.24 bits per heavy atom. The number of ether oxygens (including phenoxy) is 8. The lowest BCUT2D eigenvalue weighted by atomic mass is 9.33. The van der Waals surface area contributed by atoms with Crippen LogP contribution in [0.3, 0.4) is 0 Å². The first kappa shape index (κ1) is 62.2. The number of aliphatic hydroxyl groups excluding tert-OH is 12. The van der Waals surface area contributed by atoms with Crippen LogP contribution >= 0.6 is 0 Å². The van der Waals surface area contributed by atoms with Crippen molar-refractivity contribution in [2.24, 2.45) is 50.2 Å². The van der Waals surface area contributed by atoms with E-state index in [0.717, 1.165) is 5.57 Å². The van der Waals surface area contributed by atoms with Gasteiger partial charge in [-0.15, -0.1) is 0 Å². The number of carboxylic acids is 1. The Balaban J connectivity index is 1.12. The van der Waals surface area contributed by atoms with Gasteiger partial charge >= 0.3 is 17.9 Å². The Hall–Kier alpha value is -2.83. The molecular weight excluding hydrogens is 1040 g/mol. The monoisotopic (exact) mass is 1130 g/mol. The average molecular weight is 1130 g/mol. The minimum Gasteiger partial charge on any atom is -0.479 e. The third-order valence-corrected chi connectivity index (χ3v) is 21.1. The third kappa shape index (κ3) is 9.94. The van der Waals surface area contributed by atoms with Crippen LogP contribution in [0.4, 0.5) is 0 Å². The molecule has 13 N–H and O–H groups in total. The van der Waals surface area contributed by atoms with E-state index in [1.807, 2.05) is 20.8 Å². The first-order valence-corrected chi connectivity index (χ1v) is 27.7. The number of carbonyl (C=O) groups excluding carboxylic acids is 2. The zero-order valence-corrected chi connectivity index (χ0v) is 46.4. The number of carbonyl (C=O) groups is 3. The Kier molecular flexibility index (Phi) is 17.8. The van der Waals surface area contributed by atoms with Crippen molar-refractivity contribution in [3.8, 4) is 0 Å². The molecule has 3 aliphatic heterocycles. The van der Waals surface area contributed by atoms with E-state index >= 15 is 0 Å². The lowest BCUT2D eigenvalue weighted by Gasteiger charge is -2.72. The van der Waals surface area contributed by atoms with Gasteiger partial charge in [0.2, 0.25) is 0 Å². The van der Waals surface area contributed by atoms with E-state index in [0.29, 0.717) is 37.7 Å². The zero-order valence-electron chi connectivity index (χ0n) is 46.4. The van der Waals surface area contributed by atoms with Crippen molar-refractivity contribution in [3.05, 3.63) is 23.3 Å². The maximum Gasteiger partial charge on any atom is 0.335 e. The van der Waals surface area contributed by atoms with E-state index in [-0.39, 0.29) is 24.7 Å². The minimum absolute atomic E-state index is 0.0849. The summed E-state index contributed by atoms with van der Waals surface area (Å²) in [6.07, 6.45) is -26.5. The van der Waals surface area contributed by atoms with Crippen LogP contribution in [0.15, 0.2) is 23.3 Å². The fraction of sp³-hybridized carbons (Fsp3) is 0.873. The molecule has 24 nitrogen and oxygen atoms in total. The summed E-state index contributed by atoms with van der Waals surface area (Å²) in [5.41, 5.74) is -3.78. The second-order valence-electron chi connectivity index (χ2n) is 25.5. The molecule has 0 bridgehead atoms. The standard InChI is InChI=1S/C55H86O24/c1-10-23(2)46(71)79-43-44(72-24(3)60)55(22-59)26(17-50(43,4)5)25-11-12-30-51(6)15-14-32(52(7,21-58)29(51)13-16-53(30,8)54(25,9)18-31(55)61)75-49-41(77-48-38(67)36(65)34(63)28(20-57)74-48)39(68)40(42(78-49)45(69)70)76-47-37(66)35(64)33(62)27(19-56)73-47/h10-11,26-44,47-49,56-59,61-68H,12-22H2,1-9H3,(H,69,70)/b23-10-. The molecule has 0 aromatic heterocycles. The third-order valence-electron chi connectivity index (χ3n) is 21.1. The number of carboxylic acid groups (broad SMARTS) is 1. The van der Waals surface area contributed by atoms with Crippen LogP contribution in [0.25, 0.3) is 0 Å². The summed E-state index contributed by atoms with van der Waals surface area (Å²) >= 11 is 0. The predicted molar refractivity (Wildman–Crippen MR) is 269 cm³/mol. The molecule has 8 aliphatic rings. The topological polar surface area (TPSA) is 388 Å². The van der Waals surface area contributed by atoms with Crippen molar-refractivity contribution in [2.45, 2.75) is 224 Å². The van der Waals surface area contributed by atoms with Gasteiger partial charge in [-0.3, -0.25) is 4.79 Å². The first-order valence-electron chi connectivity index (χ1n) is 27.7. The summed E-state index contributed by atoms with van der Waals surface area (Å²) in [4.78, 5) is 39.5. The van der Waals surface area contributed by atoms with Crippen LogP contribution in [-0.2, 0) is 52.3 Å². The molecule has 3 saturated heterocycles. The lowest BCUT2D eigenvalue weighted by molar-refractivity contribution is -0.392. The SMILES string of the molecule is C/C=C(/C)C(=O)OC1C(OC(C)=O)C2(CO)C(O)CC3(C)C(=CCC4C5(C)CCC(OC6OC(C(=O)O)C(OC7OC(CO)C(O)C(O)C7O)C(O)C6OC6OC(CO)C(O)C(O)C6O)C(C)(CO)C5CCC43C)C2CC1(C)C. The van der Waals surface area contributed by atoms with E-state index in [4.69, 9.17) is 37.9 Å². The Bertz CT molecular complexity index is 2290. The maximum atomic E-state index is 13.4. The maximum absolute atomic E-state index is 13.4. The lowest BCUT2D eigenvalue weighted by Crippen LogP contribution is -2.72. The van der Waals surface area contributed by atoms with Gasteiger partial charge in [-0.1, -0.05) is 59.3 Å². The number of aliphatic carboxylic acids is 1. The fourth-order valence-electron chi connectivity index (χ4n) is 16.2. The highest BCUT2D eigenvalue weighted by molar-refractivity contribution is 5.87. The Labute approximate surface area is 459 Å². The largest absolute Gasteiger partial charge is 0.479 e. The number of rotatable bonds is 14. The van der Waals surface area contributed by atoms with E-state index < -0.39 is 199 Å². The molecule has 0 aromatic rings. The second kappa shape index (κ2) is 22.6. The second-order valence-corrected chi connectivity index (χ2v) is 25.5. The molecular formula is C55H86O24. The molecule has 450 valence electrons. The summed E-state index contributed by atoms with van der Waals surface area (Å²) < 4.78 is 48.2. The molecule has 5 aliphatic carbocycles. The average Bonchev–Trinajstić information content (AvgIpc) is 3.29. The molecule has 0 spiro atoms. The Morgan fingerprint density at radius 1 is 0.658 bits per heavy atom. The molecule has 79 heavy (non-hydrogen) atoms. The molecule has 0 radical (unpaired) electrons. The Morgan fingerprint density at radius 3 is 1.76 bits per heavy atom. The molecule has 3 heterocycles. The molecule has 27 unspecified atom stereocenters. The van der Waals surface area contributed by atoms with Gasteiger partial charge < -0.3 is 104 Å². The summed E-state index contributed by atoms with van der Waals surface area (Å²) in [6.45, 7) is 14.1. The van der Waals surface area contributed by atoms with Crippen LogP contribution in [0.5, 0.6) is 0 Å². The zero-order chi connectivity index (χ0) is 58.4.